The van der Waals surface area contributed by atoms with Gasteiger partial charge in [0.05, 0.1) is 5.69 Å². The summed E-state index contributed by atoms with van der Waals surface area (Å²) in [7, 11) is 1.93. The molecule has 138 valence electrons. The van der Waals surface area contributed by atoms with Crippen molar-refractivity contribution in [1.82, 2.24) is 15.2 Å². The minimum atomic E-state index is -0.390. The Morgan fingerprint density at radius 3 is 2.26 bits per heavy atom. The number of nitrogens with zero attached hydrogens (tertiary/aromatic N) is 3. The standard InChI is InChI=1S/C22H24N4O/c1-16(23-24-21(27)18-13-9-6-10-14-18)22(2,3)20-15-19(25-26(20)4)17-11-7-5-8-12-17/h5-15H,1-4H3,(H,24,27)/b23-16+. The predicted molar refractivity (Wildman–Crippen MR) is 109 cm³/mol. The highest BCUT2D eigenvalue weighted by molar-refractivity contribution is 5.97. The average molecular weight is 360 g/mol. The van der Waals surface area contributed by atoms with Gasteiger partial charge in [-0.05, 0) is 39.0 Å². The number of hydrogen-bond donors (Lipinski definition) is 1. The molecule has 1 aromatic heterocycles. The summed E-state index contributed by atoms with van der Waals surface area (Å²) in [5, 5.41) is 8.99. The second kappa shape index (κ2) is 7.58. The van der Waals surface area contributed by atoms with Crippen LogP contribution in [0.2, 0.25) is 0 Å². The quantitative estimate of drug-likeness (QED) is 0.548. The first-order valence-electron chi connectivity index (χ1n) is 8.89. The SMILES string of the molecule is C/C(=N\NC(=O)c1ccccc1)C(C)(C)c1cc(-c2ccccc2)nn1C. The number of hydrogen-bond acceptors (Lipinski definition) is 3. The van der Waals surface area contributed by atoms with E-state index in [1.165, 1.54) is 0 Å². The van der Waals surface area contributed by atoms with Crippen LogP contribution in [0.5, 0.6) is 0 Å². The topological polar surface area (TPSA) is 59.3 Å². The highest BCUT2D eigenvalue weighted by Gasteiger charge is 2.29. The van der Waals surface area contributed by atoms with E-state index in [1.807, 2.05) is 67.2 Å². The molecule has 5 heteroatoms. The highest BCUT2D eigenvalue weighted by Crippen LogP contribution is 2.28. The van der Waals surface area contributed by atoms with Crippen molar-refractivity contribution in [2.45, 2.75) is 26.2 Å². The normalized spacial score (nSPS) is 12.1. The Morgan fingerprint density at radius 2 is 1.63 bits per heavy atom. The number of carbonyl (C=O) groups is 1. The van der Waals surface area contributed by atoms with Gasteiger partial charge in [-0.2, -0.15) is 10.2 Å². The van der Waals surface area contributed by atoms with Gasteiger partial charge in [0, 0.05) is 35.0 Å². The molecular formula is C22H24N4O. The Morgan fingerprint density at radius 1 is 1.04 bits per heavy atom. The smallest absolute Gasteiger partial charge is 0.271 e. The minimum Gasteiger partial charge on any atom is -0.271 e. The first-order valence-corrected chi connectivity index (χ1v) is 8.89. The van der Waals surface area contributed by atoms with Crippen LogP contribution < -0.4 is 5.43 Å². The fraction of sp³-hybridized carbons (Fsp3) is 0.227. The molecule has 0 aliphatic heterocycles. The second-order valence-corrected chi connectivity index (χ2v) is 7.03. The summed E-state index contributed by atoms with van der Waals surface area (Å²) in [6.45, 7) is 6.07. The Balaban J connectivity index is 1.83. The fourth-order valence-electron chi connectivity index (χ4n) is 2.92. The van der Waals surface area contributed by atoms with E-state index in [9.17, 15) is 4.79 Å². The van der Waals surface area contributed by atoms with Crippen LogP contribution in [0.3, 0.4) is 0 Å². The molecule has 0 saturated carbocycles. The van der Waals surface area contributed by atoms with Crippen LogP contribution in [-0.4, -0.2) is 21.4 Å². The lowest BCUT2D eigenvalue weighted by atomic mass is 9.84. The Kier molecular flexibility index (Phi) is 5.21. The number of hydrazone groups is 1. The fourth-order valence-corrected chi connectivity index (χ4v) is 2.92. The third kappa shape index (κ3) is 3.97. The first-order chi connectivity index (χ1) is 12.9. The van der Waals surface area contributed by atoms with Crippen molar-refractivity contribution in [1.29, 1.82) is 0 Å². The first kappa shape index (κ1) is 18.6. The van der Waals surface area contributed by atoms with Crippen molar-refractivity contribution in [2.24, 2.45) is 12.1 Å². The van der Waals surface area contributed by atoms with Crippen molar-refractivity contribution in [3.05, 3.63) is 78.0 Å². The molecule has 1 N–H and O–H groups in total. The van der Waals surface area contributed by atoms with Crippen LogP contribution in [0.25, 0.3) is 11.3 Å². The van der Waals surface area contributed by atoms with Gasteiger partial charge in [0.15, 0.2) is 0 Å². The summed E-state index contributed by atoms with van der Waals surface area (Å²) in [4.78, 5) is 12.2. The van der Waals surface area contributed by atoms with Crippen LogP contribution in [0.1, 0.15) is 36.8 Å². The van der Waals surface area contributed by atoms with Gasteiger partial charge in [-0.3, -0.25) is 9.48 Å². The monoisotopic (exact) mass is 360 g/mol. The van der Waals surface area contributed by atoms with Crippen molar-refractivity contribution >= 4 is 11.6 Å². The van der Waals surface area contributed by atoms with E-state index in [0.717, 1.165) is 22.7 Å². The maximum absolute atomic E-state index is 12.2. The van der Waals surface area contributed by atoms with Gasteiger partial charge in [0.2, 0.25) is 0 Å². The summed E-state index contributed by atoms with van der Waals surface area (Å²) in [6.07, 6.45) is 0. The second-order valence-electron chi connectivity index (χ2n) is 7.03. The number of aryl methyl sites for hydroxylation is 1. The molecule has 1 amide bonds. The molecular weight excluding hydrogens is 336 g/mol. The van der Waals surface area contributed by atoms with E-state index in [2.05, 4.69) is 35.5 Å². The van der Waals surface area contributed by atoms with Gasteiger partial charge in [-0.1, -0.05) is 48.5 Å². The Labute approximate surface area is 159 Å². The molecule has 27 heavy (non-hydrogen) atoms. The Bertz CT molecular complexity index is 956. The van der Waals surface area contributed by atoms with Gasteiger partial charge < -0.3 is 0 Å². The number of rotatable bonds is 5. The molecule has 3 rings (SSSR count). The van der Waals surface area contributed by atoms with Crippen molar-refractivity contribution in [3.8, 4) is 11.3 Å². The molecule has 0 bridgehead atoms. The lowest BCUT2D eigenvalue weighted by molar-refractivity contribution is 0.0954. The van der Waals surface area contributed by atoms with Crippen LogP contribution in [0.15, 0.2) is 71.8 Å². The lowest BCUT2D eigenvalue weighted by Gasteiger charge is -2.24. The molecule has 0 unspecified atom stereocenters. The van der Waals surface area contributed by atoms with Gasteiger partial charge in [0.25, 0.3) is 5.91 Å². The van der Waals surface area contributed by atoms with Crippen molar-refractivity contribution in [2.75, 3.05) is 0 Å². The predicted octanol–water partition coefficient (Wildman–Crippen LogP) is 4.17. The van der Waals surface area contributed by atoms with Crippen LogP contribution in [0, 0.1) is 0 Å². The molecule has 0 fully saturated rings. The van der Waals surface area contributed by atoms with Crippen LogP contribution in [-0.2, 0) is 12.5 Å². The van der Waals surface area contributed by atoms with Crippen molar-refractivity contribution in [3.63, 3.8) is 0 Å². The van der Waals surface area contributed by atoms with E-state index in [1.54, 1.807) is 12.1 Å². The molecule has 0 saturated heterocycles. The molecule has 5 nitrogen and oxygen atoms in total. The average Bonchev–Trinajstić information content (AvgIpc) is 3.09. The molecule has 2 aromatic carbocycles. The molecule has 0 atom stereocenters. The van der Waals surface area contributed by atoms with Gasteiger partial charge in [-0.15, -0.1) is 0 Å². The summed E-state index contributed by atoms with van der Waals surface area (Å²) in [5.41, 5.74) is 6.66. The lowest BCUT2D eigenvalue weighted by Crippen LogP contribution is -2.32. The number of aromatic nitrogens is 2. The molecule has 0 radical (unpaired) electrons. The maximum Gasteiger partial charge on any atom is 0.271 e. The van der Waals surface area contributed by atoms with E-state index < -0.39 is 5.41 Å². The number of nitrogens with one attached hydrogen (secondary N) is 1. The van der Waals surface area contributed by atoms with E-state index >= 15 is 0 Å². The van der Waals surface area contributed by atoms with E-state index in [4.69, 9.17) is 0 Å². The summed E-state index contributed by atoms with van der Waals surface area (Å²) < 4.78 is 1.88. The zero-order chi connectivity index (χ0) is 19.4. The zero-order valence-electron chi connectivity index (χ0n) is 16.1. The summed E-state index contributed by atoms with van der Waals surface area (Å²) >= 11 is 0. The maximum atomic E-state index is 12.2. The summed E-state index contributed by atoms with van der Waals surface area (Å²) in [5.74, 6) is -0.222. The molecule has 1 heterocycles. The highest BCUT2D eigenvalue weighted by atomic mass is 16.2. The number of carbonyl (C=O) groups excluding carboxylic acids is 1. The molecule has 0 aliphatic carbocycles. The van der Waals surface area contributed by atoms with Gasteiger partial charge in [-0.25, -0.2) is 5.43 Å². The van der Waals surface area contributed by atoms with Gasteiger partial charge in [0.1, 0.15) is 0 Å². The van der Waals surface area contributed by atoms with Crippen LogP contribution >= 0.6 is 0 Å². The molecule has 3 aromatic rings. The van der Waals surface area contributed by atoms with Gasteiger partial charge >= 0.3 is 0 Å². The van der Waals surface area contributed by atoms with Crippen molar-refractivity contribution < 1.29 is 4.79 Å². The molecule has 0 aliphatic rings. The van der Waals surface area contributed by atoms with Crippen LogP contribution in [0.4, 0.5) is 0 Å². The summed E-state index contributed by atoms with van der Waals surface area (Å²) in [6, 6.07) is 21.2. The van der Waals surface area contributed by atoms with E-state index in [0.29, 0.717) is 5.56 Å². The third-order valence-corrected chi connectivity index (χ3v) is 4.86. The third-order valence-electron chi connectivity index (χ3n) is 4.86. The number of benzene rings is 2. The largest absolute Gasteiger partial charge is 0.271 e. The number of amides is 1. The zero-order valence-corrected chi connectivity index (χ0v) is 16.1. The van der Waals surface area contributed by atoms with E-state index in [-0.39, 0.29) is 5.91 Å². The Hall–Kier alpha value is -3.21. The molecule has 0 spiro atoms. The minimum absolute atomic E-state index is 0.222.